The SMILES string of the molecule is CCN1CCN(Cc2ccc(-c3nc(SC)[nH]c(=O)c3C#N)cc2)CC1. The summed E-state index contributed by atoms with van der Waals surface area (Å²) in [6.45, 7) is 8.64. The molecule has 0 aliphatic carbocycles. The van der Waals surface area contributed by atoms with E-state index >= 15 is 0 Å². The molecule has 26 heavy (non-hydrogen) atoms. The van der Waals surface area contributed by atoms with Gasteiger partial charge in [0.1, 0.15) is 11.6 Å². The van der Waals surface area contributed by atoms with Gasteiger partial charge >= 0.3 is 0 Å². The van der Waals surface area contributed by atoms with E-state index in [2.05, 4.69) is 38.8 Å². The number of H-pyrrole nitrogens is 1. The largest absolute Gasteiger partial charge is 0.301 e. The van der Waals surface area contributed by atoms with Gasteiger partial charge in [-0.3, -0.25) is 9.69 Å². The number of thioether (sulfide) groups is 1. The molecule has 1 aliphatic heterocycles. The maximum atomic E-state index is 12.1. The fraction of sp³-hybridized carbons (Fsp3) is 0.421. The molecule has 0 amide bonds. The van der Waals surface area contributed by atoms with Gasteiger partial charge in [-0.15, -0.1) is 0 Å². The van der Waals surface area contributed by atoms with Gasteiger partial charge in [0.25, 0.3) is 5.56 Å². The first-order valence-corrected chi connectivity index (χ1v) is 9.99. The van der Waals surface area contributed by atoms with E-state index in [0.29, 0.717) is 10.9 Å². The molecule has 2 heterocycles. The van der Waals surface area contributed by atoms with Crippen LogP contribution in [0.3, 0.4) is 0 Å². The van der Waals surface area contributed by atoms with Crippen LogP contribution in [0.1, 0.15) is 18.1 Å². The zero-order valence-corrected chi connectivity index (χ0v) is 16.0. The first-order chi connectivity index (χ1) is 12.6. The van der Waals surface area contributed by atoms with Crippen molar-refractivity contribution < 1.29 is 0 Å². The fourth-order valence-corrected chi connectivity index (χ4v) is 3.53. The molecule has 1 N–H and O–H groups in total. The Morgan fingerprint density at radius 1 is 1.19 bits per heavy atom. The maximum Gasteiger partial charge on any atom is 0.270 e. The van der Waals surface area contributed by atoms with Crippen LogP contribution in [0, 0.1) is 11.3 Å². The van der Waals surface area contributed by atoms with Crippen LogP contribution in [0.15, 0.2) is 34.2 Å². The number of nitrogens with zero attached hydrogens (tertiary/aromatic N) is 4. The zero-order chi connectivity index (χ0) is 18.5. The van der Waals surface area contributed by atoms with Gasteiger partial charge in [-0.2, -0.15) is 5.26 Å². The molecule has 0 bridgehead atoms. The normalized spacial score (nSPS) is 15.7. The van der Waals surface area contributed by atoms with Crippen LogP contribution in [-0.4, -0.2) is 58.7 Å². The van der Waals surface area contributed by atoms with Crippen molar-refractivity contribution >= 4 is 11.8 Å². The highest BCUT2D eigenvalue weighted by Gasteiger charge is 2.16. The third-order valence-electron chi connectivity index (χ3n) is 4.75. The molecular weight excluding hydrogens is 346 g/mol. The van der Waals surface area contributed by atoms with Gasteiger partial charge in [0.15, 0.2) is 5.16 Å². The Morgan fingerprint density at radius 3 is 2.42 bits per heavy atom. The van der Waals surface area contributed by atoms with Gasteiger partial charge in [-0.25, -0.2) is 4.98 Å². The van der Waals surface area contributed by atoms with Gasteiger partial charge in [-0.1, -0.05) is 43.0 Å². The van der Waals surface area contributed by atoms with Crippen molar-refractivity contribution in [3.63, 3.8) is 0 Å². The number of benzene rings is 1. The molecule has 3 rings (SSSR count). The van der Waals surface area contributed by atoms with Crippen LogP contribution >= 0.6 is 11.8 Å². The van der Waals surface area contributed by atoms with Gasteiger partial charge in [0.05, 0.1) is 5.69 Å². The molecule has 0 atom stereocenters. The van der Waals surface area contributed by atoms with E-state index in [-0.39, 0.29) is 11.1 Å². The summed E-state index contributed by atoms with van der Waals surface area (Å²) in [7, 11) is 0. The summed E-state index contributed by atoms with van der Waals surface area (Å²) >= 11 is 1.35. The van der Waals surface area contributed by atoms with Crippen molar-refractivity contribution in [2.24, 2.45) is 0 Å². The van der Waals surface area contributed by atoms with Crippen LogP contribution in [0.25, 0.3) is 11.3 Å². The first-order valence-electron chi connectivity index (χ1n) is 8.77. The van der Waals surface area contributed by atoms with E-state index < -0.39 is 0 Å². The molecule has 6 nitrogen and oxygen atoms in total. The van der Waals surface area contributed by atoms with Gasteiger partial charge < -0.3 is 9.88 Å². The Kier molecular flexibility index (Phi) is 6.09. The number of aromatic amines is 1. The van der Waals surface area contributed by atoms with E-state index in [4.69, 9.17) is 0 Å². The summed E-state index contributed by atoms with van der Waals surface area (Å²) in [4.78, 5) is 24.0. The van der Waals surface area contributed by atoms with Crippen molar-refractivity contribution in [2.45, 2.75) is 18.6 Å². The van der Waals surface area contributed by atoms with Gasteiger partial charge in [0, 0.05) is 38.3 Å². The highest BCUT2D eigenvalue weighted by atomic mass is 32.2. The molecule has 136 valence electrons. The molecule has 1 saturated heterocycles. The number of piperazine rings is 1. The molecule has 0 spiro atoms. The highest BCUT2D eigenvalue weighted by Crippen LogP contribution is 2.22. The molecule has 2 aromatic rings. The summed E-state index contributed by atoms with van der Waals surface area (Å²) in [5, 5.41) is 9.83. The molecule has 0 radical (unpaired) electrons. The topological polar surface area (TPSA) is 76.0 Å². The predicted molar refractivity (Wildman–Crippen MR) is 104 cm³/mol. The maximum absolute atomic E-state index is 12.1. The molecule has 7 heteroatoms. The van der Waals surface area contributed by atoms with E-state index in [9.17, 15) is 10.1 Å². The predicted octanol–water partition coefficient (Wildman–Crippen LogP) is 2.17. The molecule has 1 fully saturated rings. The lowest BCUT2D eigenvalue weighted by atomic mass is 10.1. The Hall–Kier alpha value is -2.14. The van der Waals surface area contributed by atoms with Gasteiger partial charge in [0.2, 0.25) is 0 Å². The van der Waals surface area contributed by atoms with Crippen molar-refractivity contribution in [1.82, 2.24) is 19.8 Å². The number of nitriles is 1. The van der Waals surface area contributed by atoms with Gasteiger partial charge in [-0.05, 0) is 18.4 Å². The average Bonchev–Trinajstić information content (AvgIpc) is 2.68. The second kappa shape index (κ2) is 8.49. The minimum absolute atomic E-state index is 0.0613. The molecule has 1 aromatic heterocycles. The number of hydrogen-bond acceptors (Lipinski definition) is 6. The van der Waals surface area contributed by atoms with E-state index in [0.717, 1.165) is 44.8 Å². The van der Waals surface area contributed by atoms with E-state index in [1.165, 1.54) is 17.3 Å². The Bertz CT molecular complexity index is 848. The molecule has 0 saturated carbocycles. The summed E-state index contributed by atoms with van der Waals surface area (Å²) in [6, 6.07) is 9.99. The summed E-state index contributed by atoms with van der Waals surface area (Å²) in [5.74, 6) is 0. The quantitative estimate of drug-likeness (QED) is 0.643. The number of rotatable bonds is 5. The van der Waals surface area contributed by atoms with Crippen LogP contribution in [0.5, 0.6) is 0 Å². The van der Waals surface area contributed by atoms with E-state index in [1.54, 1.807) is 0 Å². The lowest BCUT2D eigenvalue weighted by molar-refractivity contribution is 0.132. The summed E-state index contributed by atoms with van der Waals surface area (Å²) in [5.41, 5.74) is 2.14. The summed E-state index contributed by atoms with van der Waals surface area (Å²) < 4.78 is 0. The standard InChI is InChI=1S/C19H23N5OS/c1-3-23-8-10-24(11-9-23)13-14-4-6-15(7-5-14)17-16(12-20)18(25)22-19(21-17)26-2/h4-7H,3,8-11,13H2,1-2H3,(H,21,22,25). The zero-order valence-electron chi connectivity index (χ0n) is 15.2. The Morgan fingerprint density at radius 2 is 1.85 bits per heavy atom. The van der Waals surface area contributed by atoms with Crippen LogP contribution < -0.4 is 5.56 Å². The lowest BCUT2D eigenvalue weighted by Crippen LogP contribution is -2.45. The highest BCUT2D eigenvalue weighted by molar-refractivity contribution is 7.98. The number of likely N-dealkylation sites (N-methyl/N-ethyl adjacent to an activating group) is 1. The summed E-state index contributed by atoms with van der Waals surface area (Å²) in [6.07, 6.45) is 1.84. The molecular formula is C19H23N5OS. The number of aromatic nitrogens is 2. The van der Waals surface area contributed by atoms with Crippen LogP contribution in [0.2, 0.25) is 0 Å². The Balaban J connectivity index is 1.77. The van der Waals surface area contributed by atoms with Crippen molar-refractivity contribution in [1.29, 1.82) is 5.26 Å². The lowest BCUT2D eigenvalue weighted by Gasteiger charge is -2.34. The second-order valence-corrected chi connectivity index (χ2v) is 7.11. The van der Waals surface area contributed by atoms with Crippen molar-refractivity contribution in [3.8, 4) is 17.3 Å². The van der Waals surface area contributed by atoms with Crippen LogP contribution in [-0.2, 0) is 6.54 Å². The fourth-order valence-electron chi connectivity index (χ4n) is 3.15. The van der Waals surface area contributed by atoms with Crippen molar-refractivity contribution in [3.05, 3.63) is 45.7 Å². The smallest absolute Gasteiger partial charge is 0.270 e. The number of hydrogen-bond donors (Lipinski definition) is 1. The number of nitrogens with one attached hydrogen (secondary N) is 1. The monoisotopic (exact) mass is 369 g/mol. The average molecular weight is 369 g/mol. The molecule has 1 aromatic carbocycles. The van der Waals surface area contributed by atoms with E-state index in [1.807, 2.05) is 24.5 Å². The van der Waals surface area contributed by atoms with Crippen LogP contribution in [0.4, 0.5) is 0 Å². The third kappa shape index (κ3) is 4.15. The third-order valence-corrected chi connectivity index (χ3v) is 5.33. The minimum Gasteiger partial charge on any atom is -0.301 e. The Labute approximate surface area is 157 Å². The van der Waals surface area contributed by atoms with Crippen molar-refractivity contribution in [2.75, 3.05) is 39.0 Å². The first kappa shape index (κ1) is 18.6. The molecule has 1 aliphatic rings. The minimum atomic E-state index is -0.389. The second-order valence-electron chi connectivity index (χ2n) is 6.32. The molecule has 0 unspecified atom stereocenters.